The first-order valence-corrected chi connectivity index (χ1v) is 8.67. The number of hydrogen-bond acceptors (Lipinski definition) is 4. The first kappa shape index (κ1) is 16.5. The van der Waals surface area contributed by atoms with Crippen LogP contribution in [0.2, 0.25) is 0 Å². The number of halogens is 1. The monoisotopic (exact) mass is 308 g/mol. The number of aromatic nitrogens is 2. The van der Waals surface area contributed by atoms with Crippen LogP contribution in [0.5, 0.6) is 0 Å². The molecule has 5 nitrogen and oxygen atoms in total. The van der Waals surface area contributed by atoms with Crippen LogP contribution in [0.1, 0.15) is 45.9 Å². The van der Waals surface area contributed by atoms with Crippen molar-refractivity contribution >= 4 is 19.7 Å². The van der Waals surface area contributed by atoms with Crippen LogP contribution in [0.15, 0.2) is 11.1 Å². The van der Waals surface area contributed by atoms with E-state index in [0.29, 0.717) is 18.2 Å². The van der Waals surface area contributed by atoms with Crippen LogP contribution < -0.4 is 0 Å². The highest BCUT2D eigenvalue weighted by molar-refractivity contribution is 8.13. The van der Waals surface area contributed by atoms with Crippen LogP contribution in [-0.2, 0) is 20.4 Å². The Morgan fingerprint density at radius 2 is 2.05 bits per heavy atom. The molecule has 19 heavy (non-hydrogen) atoms. The highest BCUT2D eigenvalue weighted by Gasteiger charge is 2.23. The van der Waals surface area contributed by atoms with Gasteiger partial charge in [-0.2, -0.15) is 5.10 Å². The van der Waals surface area contributed by atoms with Gasteiger partial charge in [0.25, 0.3) is 9.05 Å². The summed E-state index contributed by atoms with van der Waals surface area (Å²) in [4.78, 5) is 0.0400. The lowest BCUT2D eigenvalue weighted by Crippen LogP contribution is -2.13. The molecule has 0 fully saturated rings. The second-order valence-corrected chi connectivity index (χ2v) is 7.54. The maximum Gasteiger partial charge on any atom is 0.264 e. The van der Waals surface area contributed by atoms with Crippen LogP contribution >= 0.6 is 10.7 Å². The highest BCUT2D eigenvalue weighted by Crippen LogP contribution is 2.24. The summed E-state index contributed by atoms with van der Waals surface area (Å²) >= 11 is 0. The van der Waals surface area contributed by atoms with E-state index in [1.54, 1.807) is 4.68 Å². The summed E-state index contributed by atoms with van der Waals surface area (Å²) in [5, 5.41) is 4.12. The summed E-state index contributed by atoms with van der Waals surface area (Å²) in [7, 11) is 1.63. The number of rotatable bonds is 7. The highest BCUT2D eigenvalue weighted by atomic mass is 35.7. The minimum atomic E-state index is -3.80. The van der Waals surface area contributed by atoms with Gasteiger partial charge in [0.15, 0.2) is 0 Å². The molecule has 1 aromatic heterocycles. The smallest absolute Gasteiger partial charge is 0.264 e. The minimum Gasteiger partial charge on any atom is -0.375 e. The summed E-state index contributed by atoms with van der Waals surface area (Å²) < 4.78 is 30.3. The fourth-order valence-corrected chi connectivity index (χ4v) is 2.65. The molecule has 1 rings (SSSR count). The van der Waals surface area contributed by atoms with E-state index in [1.165, 1.54) is 6.20 Å². The third kappa shape index (κ3) is 4.47. The summed E-state index contributed by atoms with van der Waals surface area (Å²) in [6.07, 6.45) is 2.14. The molecule has 0 aliphatic rings. The molecule has 0 saturated carbocycles. The molecule has 0 N–H and O–H groups in total. The lowest BCUT2D eigenvalue weighted by atomic mass is 10.2. The third-order valence-electron chi connectivity index (χ3n) is 2.82. The standard InChI is InChI=1S/C12H21ClN2O3S/c1-5-10(4)15-11(8-18-7-9(2)3)12(6-14-15)19(13,16)17/h6,9-10H,5,7-8H2,1-4H3/t10-/m1/s1. The van der Waals surface area contributed by atoms with E-state index in [0.717, 1.165) is 6.42 Å². The summed E-state index contributed by atoms with van der Waals surface area (Å²) in [5.74, 6) is 0.385. The average molecular weight is 309 g/mol. The van der Waals surface area contributed by atoms with Crippen molar-refractivity contribution in [2.75, 3.05) is 6.61 Å². The molecule has 0 spiro atoms. The van der Waals surface area contributed by atoms with Crippen molar-refractivity contribution in [3.63, 3.8) is 0 Å². The van der Waals surface area contributed by atoms with Crippen LogP contribution in [-0.4, -0.2) is 24.8 Å². The van der Waals surface area contributed by atoms with Gasteiger partial charge in [0.05, 0.1) is 18.5 Å². The van der Waals surface area contributed by atoms with Gasteiger partial charge in [-0.25, -0.2) is 8.42 Å². The Hall–Kier alpha value is -0.590. The SMILES string of the molecule is CC[C@@H](C)n1ncc(S(=O)(=O)Cl)c1COCC(C)C. The first-order valence-electron chi connectivity index (χ1n) is 6.36. The zero-order chi connectivity index (χ0) is 14.6. The Balaban J connectivity index is 3.04. The van der Waals surface area contributed by atoms with E-state index < -0.39 is 9.05 Å². The Morgan fingerprint density at radius 1 is 1.42 bits per heavy atom. The molecular formula is C12H21ClN2O3S. The first-order chi connectivity index (χ1) is 8.77. The largest absolute Gasteiger partial charge is 0.375 e. The molecule has 0 aromatic carbocycles. The second-order valence-electron chi connectivity index (χ2n) is 5.00. The van der Waals surface area contributed by atoms with E-state index in [2.05, 4.69) is 5.10 Å². The van der Waals surface area contributed by atoms with E-state index in [-0.39, 0.29) is 17.5 Å². The Kier molecular flexibility index (Phi) is 5.82. The van der Waals surface area contributed by atoms with Crippen molar-refractivity contribution in [1.29, 1.82) is 0 Å². The van der Waals surface area contributed by atoms with Gasteiger partial charge in [0.1, 0.15) is 4.90 Å². The molecule has 0 aliphatic carbocycles. The van der Waals surface area contributed by atoms with Crippen LogP contribution in [0, 0.1) is 5.92 Å². The fourth-order valence-electron chi connectivity index (χ4n) is 1.66. The topological polar surface area (TPSA) is 61.2 Å². The van der Waals surface area contributed by atoms with Gasteiger partial charge in [-0.15, -0.1) is 0 Å². The van der Waals surface area contributed by atoms with Crippen molar-refractivity contribution in [1.82, 2.24) is 9.78 Å². The van der Waals surface area contributed by atoms with E-state index in [9.17, 15) is 8.42 Å². The van der Waals surface area contributed by atoms with E-state index in [1.807, 2.05) is 27.7 Å². The van der Waals surface area contributed by atoms with Gasteiger partial charge in [0, 0.05) is 23.3 Å². The van der Waals surface area contributed by atoms with Crippen molar-refractivity contribution in [2.24, 2.45) is 5.92 Å². The van der Waals surface area contributed by atoms with Crippen LogP contribution in [0.25, 0.3) is 0 Å². The molecule has 0 aliphatic heterocycles. The molecular weight excluding hydrogens is 288 g/mol. The summed E-state index contributed by atoms with van der Waals surface area (Å²) in [5.41, 5.74) is 0.519. The summed E-state index contributed by atoms with van der Waals surface area (Å²) in [6, 6.07) is 0.102. The van der Waals surface area contributed by atoms with Crippen molar-refractivity contribution < 1.29 is 13.2 Å². The Bertz CT molecular complexity index is 511. The van der Waals surface area contributed by atoms with Gasteiger partial charge >= 0.3 is 0 Å². The third-order valence-corrected chi connectivity index (χ3v) is 4.19. The molecule has 7 heteroatoms. The van der Waals surface area contributed by atoms with Gasteiger partial charge in [-0.3, -0.25) is 4.68 Å². The van der Waals surface area contributed by atoms with Crippen molar-refractivity contribution in [3.05, 3.63) is 11.9 Å². The molecule has 1 heterocycles. The Labute approximate surface area is 119 Å². The van der Waals surface area contributed by atoms with Gasteiger partial charge in [-0.1, -0.05) is 20.8 Å². The summed E-state index contributed by atoms with van der Waals surface area (Å²) in [6.45, 7) is 8.82. The molecule has 0 amide bonds. The lowest BCUT2D eigenvalue weighted by molar-refractivity contribution is 0.0893. The lowest BCUT2D eigenvalue weighted by Gasteiger charge is -2.15. The van der Waals surface area contributed by atoms with Gasteiger partial charge in [0.2, 0.25) is 0 Å². The van der Waals surface area contributed by atoms with Crippen molar-refractivity contribution in [2.45, 2.75) is 51.7 Å². The quantitative estimate of drug-likeness (QED) is 0.727. The maximum atomic E-state index is 11.5. The molecule has 0 bridgehead atoms. The molecule has 1 aromatic rings. The zero-order valence-corrected chi connectivity index (χ0v) is 13.3. The number of ether oxygens (including phenoxy) is 1. The molecule has 110 valence electrons. The van der Waals surface area contributed by atoms with Gasteiger partial charge < -0.3 is 4.74 Å². The zero-order valence-electron chi connectivity index (χ0n) is 11.8. The second kappa shape index (κ2) is 6.72. The van der Waals surface area contributed by atoms with E-state index >= 15 is 0 Å². The van der Waals surface area contributed by atoms with Crippen molar-refractivity contribution in [3.8, 4) is 0 Å². The predicted octanol–water partition coefficient (Wildman–Crippen LogP) is 2.95. The fraction of sp³-hybridized carbons (Fsp3) is 0.750. The van der Waals surface area contributed by atoms with Gasteiger partial charge in [-0.05, 0) is 19.3 Å². The molecule has 0 saturated heterocycles. The van der Waals surface area contributed by atoms with Crippen LogP contribution in [0.3, 0.4) is 0 Å². The number of hydrogen-bond donors (Lipinski definition) is 0. The normalized spacial score (nSPS) is 14.0. The maximum absolute atomic E-state index is 11.5. The predicted molar refractivity (Wildman–Crippen MR) is 74.8 cm³/mol. The molecule has 0 unspecified atom stereocenters. The van der Waals surface area contributed by atoms with Crippen LogP contribution in [0.4, 0.5) is 0 Å². The average Bonchev–Trinajstić information content (AvgIpc) is 2.71. The minimum absolute atomic E-state index is 0.0400. The molecule has 0 radical (unpaired) electrons. The molecule has 1 atom stereocenters. The number of nitrogens with zero attached hydrogens (tertiary/aromatic N) is 2. The van der Waals surface area contributed by atoms with E-state index in [4.69, 9.17) is 15.4 Å². The Morgan fingerprint density at radius 3 is 2.53 bits per heavy atom.